The van der Waals surface area contributed by atoms with Crippen LogP contribution in [-0.2, 0) is 4.74 Å². The van der Waals surface area contributed by atoms with Gasteiger partial charge in [-0.1, -0.05) is 19.1 Å². The molecular formula is C18H32O. The lowest BCUT2D eigenvalue weighted by molar-refractivity contribution is 0.0142. The highest BCUT2D eigenvalue weighted by Gasteiger charge is 2.30. The minimum atomic E-state index is 0.574. The van der Waals surface area contributed by atoms with Crippen LogP contribution in [0.3, 0.4) is 0 Å². The van der Waals surface area contributed by atoms with E-state index in [2.05, 4.69) is 26.0 Å². The van der Waals surface area contributed by atoms with Gasteiger partial charge in [0.1, 0.15) is 0 Å². The third-order valence-electron chi connectivity index (χ3n) is 5.25. The predicted molar refractivity (Wildman–Crippen MR) is 82.3 cm³/mol. The van der Waals surface area contributed by atoms with E-state index in [0.717, 1.165) is 24.4 Å². The van der Waals surface area contributed by atoms with Gasteiger partial charge in [0.25, 0.3) is 0 Å². The lowest BCUT2D eigenvalue weighted by Gasteiger charge is -2.37. The second-order valence-corrected chi connectivity index (χ2v) is 6.50. The molecule has 110 valence electrons. The van der Waals surface area contributed by atoms with E-state index in [9.17, 15) is 0 Å². The van der Waals surface area contributed by atoms with Gasteiger partial charge in [0.15, 0.2) is 0 Å². The first kappa shape index (κ1) is 15.1. The lowest BCUT2D eigenvalue weighted by atomic mass is 9.70. The third kappa shape index (κ3) is 4.63. The first-order valence-corrected chi connectivity index (χ1v) is 8.61. The molecule has 0 bridgehead atoms. The Kier molecular flexibility index (Phi) is 6.43. The topological polar surface area (TPSA) is 9.23 Å². The number of ether oxygens (including phenoxy) is 1. The van der Waals surface area contributed by atoms with Gasteiger partial charge in [0, 0.05) is 6.61 Å². The highest BCUT2D eigenvalue weighted by molar-refractivity contribution is 4.92. The molecule has 2 saturated carbocycles. The van der Waals surface area contributed by atoms with Crippen LogP contribution in [0.1, 0.15) is 71.6 Å². The molecule has 0 aliphatic heterocycles. The fourth-order valence-electron chi connectivity index (χ4n) is 4.10. The molecule has 0 saturated heterocycles. The van der Waals surface area contributed by atoms with Crippen LogP contribution in [-0.4, -0.2) is 12.7 Å². The zero-order valence-electron chi connectivity index (χ0n) is 12.9. The van der Waals surface area contributed by atoms with Gasteiger partial charge < -0.3 is 4.74 Å². The van der Waals surface area contributed by atoms with Crippen LogP contribution in [0.5, 0.6) is 0 Å². The average Bonchev–Trinajstić information content (AvgIpc) is 2.47. The van der Waals surface area contributed by atoms with E-state index in [4.69, 9.17) is 4.74 Å². The van der Waals surface area contributed by atoms with Crippen LogP contribution >= 0.6 is 0 Å². The fraction of sp³-hybridized carbons (Fsp3) is 0.889. The summed E-state index contributed by atoms with van der Waals surface area (Å²) in [6, 6.07) is 0. The van der Waals surface area contributed by atoms with Crippen LogP contribution in [0.4, 0.5) is 0 Å². The number of hydrogen-bond acceptors (Lipinski definition) is 1. The minimum Gasteiger partial charge on any atom is -0.379 e. The summed E-state index contributed by atoms with van der Waals surface area (Å²) in [7, 11) is 0. The Morgan fingerprint density at radius 2 is 1.42 bits per heavy atom. The van der Waals surface area contributed by atoms with Crippen LogP contribution in [0.2, 0.25) is 0 Å². The molecule has 0 aromatic heterocycles. The third-order valence-corrected chi connectivity index (χ3v) is 5.25. The van der Waals surface area contributed by atoms with Gasteiger partial charge in [-0.15, -0.1) is 0 Å². The SMILES string of the molecule is CC/C=C/[C@H]1CC[C@H](C2CCC(OCC)CC2)CC1. The molecule has 0 aromatic carbocycles. The Hall–Kier alpha value is -0.300. The average molecular weight is 264 g/mol. The molecule has 1 heteroatoms. The molecule has 0 aromatic rings. The van der Waals surface area contributed by atoms with Crippen molar-refractivity contribution in [1.29, 1.82) is 0 Å². The molecule has 2 fully saturated rings. The first-order chi connectivity index (χ1) is 9.33. The zero-order chi connectivity index (χ0) is 13.5. The molecule has 0 heterocycles. The van der Waals surface area contributed by atoms with Crippen molar-refractivity contribution in [3.05, 3.63) is 12.2 Å². The van der Waals surface area contributed by atoms with E-state index in [1.165, 1.54) is 57.8 Å². The molecule has 0 radical (unpaired) electrons. The first-order valence-electron chi connectivity index (χ1n) is 8.61. The van der Waals surface area contributed by atoms with Gasteiger partial charge in [0.05, 0.1) is 6.10 Å². The fourth-order valence-corrected chi connectivity index (χ4v) is 4.10. The quantitative estimate of drug-likeness (QED) is 0.608. The molecule has 2 rings (SSSR count). The molecule has 1 nitrogen and oxygen atoms in total. The van der Waals surface area contributed by atoms with Crippen LogP contribution in [0, 0.1) is 17.8 Å². The number of hydrogen-bond donors (Lipinski definition) is 0. The van der Waals surface area contributed by atoms with E-state index in [-0.39, 0.29) is 0 Å². The summed E-state index contributed by atoms with van der Waals surface area (Å²) in [6.07, 6.45) is 17.9. The summed E-state index contributed by atoms with van der Waals surface area (Å²) in [4.78, 5) is 0. The number of allylic oxidation sites excluding steroid dienone is 2. The highest BCUT2D eigenvalue weighted by Crippen LogP contribution is 2.40. The summed E-state index contributed by atoms with van der Waals surface area (Å²) in [5, 5.41) is 0. The maximum atomic E-state index is 5.77. The van der Waals surface area contributed by atoms with Crippen molar-refractivity contribution in [3.8, 4) is 0 Å². The highest BCUT2D eigenvalue weighted by atomic mass is 16.5. The van der Waals surface area contributed by atoms with Crippen molar-refractivity contribution in [3.63, 3.8) is 0 Å². The normalized spacial score (nSPS) is 36.7. The molecule has 2 aliphatic carbocycles. The van der Waals surface area contributed by atoms with Crippen molar-refractivity contribution >= 4 is 0 Å². The summed E-state index contributed by atoms with van der Waals surface area (Å²) in [5.41, 5.74) is 0. The number of rotatable bonds is 5. The Morgan fingerprint density at radius 3 is 1.95 bits per heavy atom. The van der Waals surface area contributed by atoms with Gasteiger partial charge in [-0.3, -0.25) is 0 Å². The molecule has 19 heavy (non-hydrogen) atoms. The van der Waals surface area contributed by atoms with Crippen LogP contribution in [0.25, 0.3) is 0 Å². The standard InChI is InChI=1S/C18H32O/c1-3-5-6-15-7-9-16(10-8-15)17-11-13-18(14-12-17)19-4-2/h5-6,15-18H,3-4,7-14H2,1-2H3/b6-5+/t15-,16-,17?,18?. The molecule has 0 N–H and O–H groups in total. The molecule has 2 aliphatic rings. The summed E-state index contributed by atoms with van der Waals surface area (Å²) in [5.74, 6) is 2.91. The Morgan fingerprint density at radius 1 is 0.842 bits per heavy atom. The van der Waals surface area contributed by atoms with E-state index >= 15 is 0 Å². The van der Waals surface area contributed by atoms with Gasteiger partial charge in [-0.2, -0.15) is 0 Å². The predicted octanol–water partition coefficient (Wildman–Crippen LogP) is 5.35. The maximum absolute atomic E-state index is 5.77. The Bertz CT molecular complexity index is 255. The molecule has 0 atom stereocenters. The Labute approximate surface area is 119 Å². The monoisotopic (exact) mass is 264 g/mol. The second kappa shape index (κ2) is 8.09. The van der Waals surface area contributed by atoms with Crippen molar-refractivity contribution in [1.82, 2.24) is 0 Å². The van der Waals surface area contributed by atoms with Gasteiger partial charge in [-0.05, 0) is 82.5 Å². The largest absolute Gasteiger partial charge is 0.379 e. The lowest BCUT2D eigenvalue weighted by Crippen LogP contribution is -2.28. The van der Waals surface area contributed by atoms with E-state index in [1.54, 1.807) is 0 Å². The molecule has 0 amide bonds. The smallest absolute Gasteiger partial charge is 0.0575 e. The zero-order valence-corrected chi connectivity index (χ0v) is 12.9. The summed E-state index contributed by atoms with van der Waals surface area (Å²) >= 11 is 0. The van der Waals surface area contributed by atoms with E-state index in [1.807, 2.05) is 0 Å². The van der Waals surface area contributed by atoms with Crippen molar-refractivity contribution < 1.29 is 4.74 Å². The van der Waals surface area contributed by atoms with Gasteiger partial charge in [0.2, 0.25) is 0 Å². The van der Waals surface area contributed by atoms with E-state index in [0.29, 0.717) is 6.10 Å². The van der Waals surface area contributed by atoms with Gasteiger partial charge in [-0.25, -0.2) is 0 Å². The van der Waals surface area contributed by atoms with Crippen molar-refractivity contribution in [2.75, 3.05) is 6.61 Å². The minimum absolute atomic E-state index is 0.574. The van der Waals surface area contributed by atoms with E-state index < -0.39 is 0 Å². The summed E-state index contributed by atoms with van der Waals surface area (Å²) in [6.45, 7) is 5.25. The molecule has 0 unspecified atom stereocenters. The molecular weight excluding hydrogens is 232 g/mol. The second-order valence-electron chi connectivity index (χ2n) is 6.50. The maximum Gasteiger partial charge on any atom is 0.0575 e. The van der Waals surface area contributed by atoms with Gasteiger partial charge >= 0.3 is 0 Å². The molecule has 0 spiro atoms. The van der Waals surface area contributed by atoms with Crippen molar-refractivity contribution in [2.24, 2.45) is 17.8 Å². The summed E-state index contributed by atoms with van der Waals surface area (Å²) < 4.78 is 5.77. The van der Waals surface area contributed by atoms with Crippen molar-refractivity contribution in [2.45, 2.75) is 77.7 Å². The Balaban J connectivity index is 1.69. The van der Waals surface area contributed by atoms with Crippen LogP contribution < -0.4 is 0 Å². The van der Waals surface area contributed by atoms with Crippen LogP contribution in [0.15, 0.2) is 12.2 Å².